The molecule has 56 valence electrons. The van der Waals surface area contributed by atoms with Crippen LogP contribution in [0, 0.1) is 5.92 Å². The van der Waals surface area contributed by atoms with Crippen LogP contribution in [0.1, 0.15) is 12.8 Å². The van der Waals surface area contributed by atoms with Gasteiger partial charge in [-0.05, 0) is 12.5 Å². The van der Waals surface area contributed by atoms with E-state index >= 15 is 0 Å². The van der Waals surface area contributed by atoms with E-state index in [2.05, 4.69) is 19.2 Å². The Morgan fingerprint density at radius 2 is 2.20 bits per heavy atom. The van der Waals surface area contributed by atoms with Crippen molar-refractivity contribution in [3.05, 3.63) is 12.2 Å². The predicted molar refractivity (Wildman–Crippen MR) is 40.9 cm³/mol. The molecule has 2 N–H and O–H groups in total. The summed E-state index contributed by atoms with van der Waals surface area (Å²) < 4.78 is 0.723. The summed E-state index contributed by atoms with van der Waals surface area (Å²) in [5.74, 6) is 6.81. The van der Waals surface area contributed by atoms with Crippen molar-refractivity contribution in [2.24, 2.45) is 11.8 Å². The largest absolute Gasteiger partial charge is 0.245 e. The first kappa shape index (κ1) is 6.38. The first-order chi connectivity index (χ1) is 4.68. The third-order valence-electron chi connectivity index (χ3n) is 2.82. The Bertz CT molecular complexity index is 172. The summed E-state index contributed by atoms with van der Waals surface area (Å²) in [6.45, 7) is 1.14. The van der Waals surface area contributed by atoms with E-state index in [1.165, 1.54) is 12.8 Å². The third-order valence-corrected chi connectivity index (χ3v) is 2.82. The van der Waals surface area contributed by atoms with Crippen molar-refractivity contribution in [3.8, 4) is 0 Å². The lowest BCUT2D eigenvalue weighted by molar-refractivity contribution is -0.947. The number of nitrogens with two attached hydrogens (primary N) is 1. The Morgan fingerprint density at radius 1 is 1.40 bits per heavy atom. The number of rotatable bonds is 0. The number of nitrogens with zero attached hydrogens (tertiary/aromatic N) is 1. The molecule has 1 aliphatic carbocycles. The van der Waals surface area contributed by atoms with Gasteiger partial charge in [0.15, 0.2) is 0 Å². The van der Waals surface area contributed by atoms with Gasteiger partial charge in [-0.2, -0.15) is 5.84 Å². The van der Waals surface area contributed by atoms with Crippen molar-refractivity contribution in [2.75, 3.05) is 13.6 Å². The van der Waals surface area contributed by atoms with Gasteiger partial charge in [-0.3, -0.25) is 0 Å². The standard InChI is InChI=1S/C8H15N2/c1-10(9)6-7-2-4-8(10)5-3-7/h2,4,7-8H,3,5-6,9H2,1H3/q+1/t7-,8+,10+/m1/s1. The van der Waals surface area contributed by atoms with Crippen LogP contribution in [0.3, 0.4) is 0 Å². The van der Waals surface area contributed by atoms with Gasteiger partial charge in [0.25, 0.3) is 0 Å². The number of piperidine rings is 1. The van der Waals surface area contributed by atoms with Crippen molar-refractivity contribution in [2.45, 2.75) is 18.9 Å². The molecule has 0 amide bonds. The van der Waals surface area contributed by atoms with Gasteiger partial charge < -0.3 is 0 Å². The van der Waals surface area contributed by atoms with Gasteiger partial charge in [0.2, 0.25) is 0 Å². The molecule has 2 nitrogen and oxygen atoms in total. The minimum atomic E-state index is 0.602. The summed E-state index contributed by atoms with van der Waals surface area (Å²) >= 11 is 0. The molecule has 0 aromatic heterocycles. The average Bonchev–Trinajstić information content (AvgIpc) is 1.87. The van der Waals surface area contributed by atoms with Crippen LogP contribution in [0.2, 0.25) is 0 Å². The van der Waals surface area contributed by atoms with Crippen LogP contribution in [-0.2, 0) is 0 Å². The van der Waals surface area contributed by atoms with Crippen LogP contribution in [0.25, 0.3) is 0 Å². The van der Waals surface area contributed by atoms with Crippen LogP contribution in [0.15, 0.2) is 12.2 Å². The minimum Gasteiger partial charge on any atom is -0.245 e. The fourth-order valence-electron chi connectivity index (χ4n) is 2.15. The van der Waals surface area contributed by atoms with Crippen LogP contribution in [-0.4, -0.2) is 24.2 Å². The average molecular weight is 139 g/mol. The molecule has 0 unspecified atom stereocenters. The van der Waals surface area contributed by atoms with Gasteiger partial charge in [-0.1, -0.05) is 6.08 Å². The monoisotopic (exact) mass is 139 g/mol. The normalized spacial score (nSPS) is 51.8. The third kappa shape index (κ3) is 0.796. The molecule has 2 heteroatoms. The van der Waals surface area contributed by atoms with E-state index in [1.54, 1.807) is 0 Å². The number of fused-ring (bicyclic) bond motifs is 2. The summed E-state index contributed by atoms with van der Waals surface area (Å²) in [6.07, 6.45) is 7.26. The number of hydrogen-bond donors (Lipinski definition) is 1. The number of hydrogen-bond acceptors (Lipinski definition) is 1. The second-order valence-electron chi connectivity index (χ2n) is 3.82. The maximum absolute atomic E-state index is 6.05. The minimum absolute atomic E-state index is 0.602. The topological polar surface area (TPSA) is 26.0 Å². The summed E-state index contributed by atoms with van der Waals surface area (Å²) in [5, 5.41) is 0. The molecule has 3 aliphatic rings. The van der Waals surface area contributed by atoms with E-state index in [-0.39, 0.29) is 0 Å². The zero-order valence-electron chi connectivity index (χ0n) is 6.46. The van der Waals surface area contributed by atoms with Crippen molar-refractivity contribution in [3.63, 3.8) is 0 Å². The molecule has 0 spiro atoms. The van der Waals surface area contributed by atoms with Gasteiger partial charge in [-0.25, -0.2) is 4.59 Å². The Morgan fingerprint density at radius 3 is 2.40 bits per heavy atom. The highest BCUT2D eigenvalue weighted by molar-refractivity contribution is 5.02. The SMILES string of the molecule is C[N@+]1(N)C[C@@H]2C=C[C@H]1CC2. The lowest BCUT2D eigenvalue weighted by Gasteiger charge is -2.44. The quantitative estimate of drug-likeness (QED) is 0.298. The lowest BCUT2D eigenvalue weighted by Crippen LogP contribution is -2.63. The molecular weight excluding hydrogens is 124 g/mol. The number of likely N-dealkylation sites (N-methyl/N-ethyl adjacent to an activating group) is 1. The second kappa shape index (κ2) is 1.83. The van der Waals surface area contributed by atoms with E-state index in [4.69, 9.17) is 5.84 Å². The Kier molecular flexibility index (Phi) is 1.17. The Labute approximate surface area is 61.9 Å². The maximum Gasteiger partial charge on any atom is 0.125 e. The fourth-order valence-corrected chi connectivity index (χ4v) is 2.15. The van der Waals surface area contributed by atoms with Gasteiger partial charge >= 0.3 is 0 Å². The molecule has 1 fully saturated rings. The molecule has 0 radical (unpaired) electrons. The van der Waals surface area contributed by atoms with Gasteiger partial charge in [0.05, 0.1) is 7.05 Å². The van der Waals surface area contributed by atoms with Crippen molar-refractivity contribution < 1.29 is 4.59 Å². The van der Waals surface area contributed by atoms with Crippen molar-refractivity contribution in [1.29, 1.82) is 0 Å². The fraction of sp³-hybridized carbons (Fsp3) is 0.750. The van der Waals surface area contributed by atoms with Crippen LogP contribution >= 0.6 is 0 Å². The molecule has 2 heterocycles. The van der Waals surface area contributed by atoms with Gasteiger partial charge in [0.1, 0.15) is 12.6 Å². The summed E-state index contributed by atoms with van der Waals surface area (Å²) in [7, 11) is 2.13. The summed E-state index contributed by atoms with van der Waals surface area (Å²) in [5.41, 5.74) is 0. The first-order valence-corrected chi connectivity index (χ1v) is 4.00. The van der Waals surface area contributed by atoms with E-state index in [0.717, 1.165) is 17.1 Å². The second-order valence-corrected chi connectivity index (χ2v) is 3.82. The molecule has 3 atom stereocenters. The van der Waals surface area contributed by atoms with Crippen LogP contribution in [0.4, 0.5) is 0 Å². The highest BCUT2D eigenvalue weighted by atomic mass is 15.6. The molecule has 3 rings (SSSR count). The highest BCUT2D eigenvalue weighted by Gasteiger charge is 2.38. The van der Waals surface area contributed by atoms with Gasteiger partial charge in [-0.15, -0.1) is 0 Å². The zero-order valence-corrected chi connectivity index (χ0v) is 6.46. The van der Waals surface area contributed by atoms with E-state index in [1.807, 2.05) is 0 Å². The first-order valence-electron chi connectivity index (χ1n) is 4.00. The van der Waals surface area contributed by atoms with Crippen LogP contribution in [0.5, 0.6) is 0 Å². The predicted octanol–water partition coefficient (Wildman–Crippen LogP) is 0.655. The smallest absolute Gasteiger partial charge is 0.125 e. The lowest BCUT2D eigenvalue weighted by atomic mass is 9.86. The van der Waals surface area contributed by atoms with Crippen molar-refractivity contribution >= 4 is 0 Å². The van der Waals surface area contributed by atoms with Crippen LogP contribution < -0.4 is 5.84 Å². The molecular formula is C8H15N2+. The van der Waals surface area contributed by atoms with E-state index in [0.29, 0.717) is 6.04 Å². The van der Waals surface area contributed by atoms with E-state index in [9.17, 15) is 0 Å². The molecule has 2 aliphatic heterocycles. The highest BCUT2D eigenvalue weighted by Crippen LogP contribution is 2.30. The summed E-state index contributed by atoms with van der Waals surface area (Å²) in [6, 6.07) is 0.602. The molecule has 2 bridgehead atoms. The Balaban J connectivity index is 2.27. The Hall–Kier alpha value is -0.340. The van der Waals surface area contributed by atoms with E-state index < -0.39 is 0 Å². The maximum atomic E-state index is 6.05. The number of quaternary nitrogens is 1. The molecule has 0 aromatic rings. The summed E-state index contributed by atoms with van der Waals surface area (Å²) in [4.78, 5) is 0. The molecule has 10 heavy (non-hydrogen) atoms. The van der Waals surface area contributed by atoms with Crippen molar-refractivity contribution in [1.82, 2.24) is 0 Å². The van der Waals surface area contributed by atoms with Gasteiger partial charge in [0, 0.05) is 12.3 Å². The molecule has 0 saturated carbocycles. The molecule has 1 saturated heterocycles. The zero-order chi connectivity index (χ0) is 7.19. The molecule has 0 aromatic carbocycles.